The Morgan fingerprint density at radius 2 is 2.35 bits per heavy atom. The summed E-state index contributed by atoms with van der Waals surface area (Å²) in [6.07, 6.45) is 4.12. The third-order valence-corrected chi connectivity index (χ3v) is 4.59. The SMILES string of the molecule is CC(C)n1ncc(NCC2(C)CCCNC2)c(Br)c1=O. The average molecular weight is 343 g/mol. The second kappa shape index (κ2) is 6.26. The van der Waals surface area contributed by atoms with Crippen LogP contribution in [-0.2, 0) is 0 Å². The average Bonchev–Trinajstić information content (AvgIpc) is 2.41. The molecule has 1 aromatic heterocycles. The number of nitrogens with zero attached hydrogens (tertiary/aromatic N) is 2. The van der Waals surface area contributed by atoms with Crippen LogP contribution in [0, 0.1) is 5.41 Å². The number of rotatable bonds is 4. The standard InChI is InChI=1S/C14H23BrN4O/c1-10(2)19-13(20)12(15)11(7-18-19)17-9-14(3)5-4-6-16-8-14/h7,10,16-17H,4-6,8-9H2,1-3H3. The highest BCUT2D eigenvalue weighted by molar-refractivity contribution is 9.10. The lowest BCUT2D eigenvalue weighted by molar-refractivity contribution is 0.253. The molecule has 0 spiro atoms. The molecule has 0 aliphatic carbocycles. The third-order valence-electron chi connectivity index (χ3n) is 3.82. The fourth-order valence-corrected chi connectivity index (χ4v) is 2.94. The van der Waals surface area contributed by atoms with Crippen molar-refractivity contribution in [2.75, 3.05) is 25.0 Å². The Morgan fingerprint density at radius 1 is 1.60 bits per heavy atom. The van der Waals surface area contributed by atoms with Crippen LogP contribution in [0.4, 0.5) is 5.69 Å². The van der Waals surface area contributed by atoms with Gasteiger partial charge in [0.1, 0.15) is 4.47 Å². The molecule has 0 bridgehead atoms. The summed E-state index contributed by atoms with van der Waals surface area (Å²) in [6, 6.07) is 0.0629. The Bertz CT molecular complexity index is 520. The van der Waals surface area contributed by atoms with Gasteiger partial charge in [-0.15, -0.1) is 0 Å². The number of hydrogen-bond acceptors (Lipinski definition) is 4. The summed E-state index contributed by atoms with van der Waals surface area (Å²) in [5.74, 6) is 0. The lowest BCUT2D eigenvalue weighted by atomic mass is 9.83. The van der Waals surface area contributed by atoms with Crippen molar-refractivity contribution in [3.63, 3.8) is 0 Å². The predicted molar refractivity (Wildman–Crippen MR) is 85.3 cm³/mol. The lowest BCUT2D eigenvalue weighted by Crippen LogP contribution is -2.42. The molecule has 20 heavy (non-hydrogen) atoms. The molecular formula is C14H23BrN4O. The maximum Gasteiger partial charge on any atom is 0.283 e. The van der Waals surface area contributed by atoms with Crippen LogP contribution in [0.15, 0.2) is 15.5 Å². The van der Waals surface area contributed by atoms with E-state index in [4.69, 9.17) is 0 Å². The van der Waals surface area contributed by atoms with E-state index in [9.17, 15) is 4.79 Å². The van der Waals surface area contributed by atoms with Crippen molar-refractivity contribution in [3.8, 4) is 0 Å². The summed E-state index contributed by atoms with van der Waals surface area (Å²) in [5, 5.41) is 11.0. The molecule has 2 rings (SSSR count). The van der Waals surface area contributed by atoms with Crippen molar-refractivity contribution < 1.29 is 0 Å². The summed E-state index contributed by atoms with van der Waals surface area (Å²) >= 11 is 3.39. The van der Waals surface area contributed by atoms with E-state index >= 15 is 0 Å². The monoisotopic (exact) mass is 342 g/mol. The molecule has 1 aliphatic rings. The van der Waals surface area contributed by atoms with Crippen LogP contribution in [0.3, 0.4) is 0 Å². The van der Waals surface area contributed by atoms with Crippen LogP contribution >= 0.6 is 15.9 Å². The molecule has 1 saturated heterocycles. The lowest BCUT2D eigenvalue weighted by Gasteiger charge is -2.34. The van der Waals surface area contributed by atoms with Gasteiger partial charge in [-0.1, -0.05) is 6.92 Å². The highest BCUT2D eigenvalue weighted by Gasteiger charge is 2.26. The maximum absolute atomic E-state index is 12.2. The number of hydrogen-bond donors (Lipinski definition) is 2. The van der Waals surface area contributed by atoms with Gasteiger partial charge >= 0.3 is 0 Å². The van der Waals surface area contributed by atoms with Gasteiger partial charge in [-0.25, -0.2) is 4.68 Å². The van der Waals surface area contributed by atoms with Crippen LogP contribution in [0.5, 0.6) is 0 Å². The summed E-state index contributed by atoms with van der Waals surface area (Å²) in [4.78, 5) is 12.2. The Morgan fingerprint density at radius 3 is 2.95 bits per heavy atom. The molecule has 1 fully saturated rings. The smallest absolute Gasteiger partial charge is 0.283 e. The van der Waals surface area contributed by atoms with E-state index in [0.717, 1.165) is 25.3 Å². The normalized spacial score (nSPS) is 23.1. The Balaban J connectivity index is 2.10. The zero-order chi connectivity index (χ0) is 14.8. The molecular weight excluding hydrogens is 320 g/mol. The molecule has 6 heteroatoms. The van der Waals surface area contributed by atoms with Crippen LogP contribution in [-0.4, -0.2) is 29.4 Å². The number of aromatic nitrogens is 2. The molecule has 0 saturated carbocycles. The van der Waals surface area contributed by atoms with E-state index < -0.39 is 0 Å². The molecule has 1 aliphatic heterocycles. The Labute approximate surface area is 128 Å². The van der Waals surface area contributed by atoms with Gasteiger partial charge in [-0.3, -0.25) is 4.79 Å². The van der Waals surface area contributed by atoms with Gasteiger partial charge in [0, 0.05) is 13.1 Å². The van der Waals surface area contributed by atoms with Crippen LogP contribution in [0.25, 0.3) is 0 Å². The summed E-state index contributed by atoms with van der Waals surface area (Å²) in [7, 11) is 0. The molecule has 5 nitrogen and oxygen atoms in total. The first-order valence-electron chi connectivity index (χ1n) is 7.15. The molecule has 2 heterocycles. The van der Waals surface area contributed by atoms with E-state index in [1.54, 1.807) is 6.20 Å². The predicted octanol–water partition coefficient (Wildman–Crippen LogP) is 2.39. The van der Waals surface area contributed by atoms with Gasteiger partial charge in [0.2, 0.25) is 0 Å². The third kappa shape index (κ3) is 3.41. The fourth-order valence-electron chi connectivity index (χ4n) is 2.51. The number of piperidine rings is 1. The molecule has 1 atom stereocenters. The van der Waals surface area contributed by atoms with Crippen molar-refractivity contribution >= 4 is 21.6 Å². The number of halogens is 1. The van der Waals surface area contributed by atoms with Crippen LogP contribution in [0.2, 0.25) is 0 Å². The first-order chi connectivity index (χ1) is 9.43. The van der Waals surface area contributed by atoms with Crippen molar-refractivity contribution in [1.29, 1.82) is 0 Å². The number of anilines is 1. The highest BCUT2D eigenvalue weighted by atomic mass is 79.9. The minimum absolute atomic E-state index is 0.0629. The van der Waals surface area contributed by atoms with E-state index in [1.807, 2.05) is 13.8 Å². The maximum atomic E-state index is 12.2. The topological polar surface area (TPSA) is 59.0 Å². The minimum atomic E-state index is -0.0862. The molecule has 0 radical (unpaired) electrons. The molecule has 0 aromatic carbocycles. The van der Waals surface area contributed by atoms with Crippen molar-refractivity contribution in [1.82, 2.24) is 15.1 Å². The Kier molecular flexibility index (Phi) is 4.86. The van der Waals surface area contributed by atoms with Gasteiger partial charge in [-0.05, 0) is 54.6 Å². The van der Waals surface area contributed by atoms with Crippen molar-refractivity contribution in [2.45, 2.75) is 39.7 Å². The minimum Gasteiger partial charge on any atom is -0.382 e. The van der Waals surface area contributed by atoms with E-state index in [-0.39, 0.29) is 17.0 Å². The van der Waals surface area contributed by atoms with Crippen molar-refractivity contribution in [3.05, 3.63) is 21.0 Å². The van der Waals surface area contributed by atoms with Gasteiger partial charge in [0.25, 0.3) is 5.56 Å². The van der Waals surface area contributed by atoms with Crippen LogP contribution < -0.4 is 16.2 Å². The van der Waals surface area contributed by atoms with E-state index in [0.29, 0.717) is 4.47 Å². The van der Waals surface area contributed by atoms with E-state index in [2.05, 4.69) is 38.6 Å². The zero-order valence-electron chi connectivity index (χ0n) is 12.4. The van der Waals surface area contributed by atoms with Crippen molar-refractivity contribution in [2.24, 2.45) is 5.41 Å². The summed E-state index contributed by atoms with van der Waals surface area (Å²) in [6.45, 7) is 9.11. The molecule has 1 unspecified atom stereocenters. The molecule has 112 valence electrons. The van der Waals surface area contributed by atoms with Crippen LogP contribution in [0.1, 0.15) is 39.7 Å². The second-order valence-electron chi connectivity index (χ2n) is 6.16. The first kappa shape index (κ1) is 15.5. The largest absolute Gasteiger partial charge is 0.382 e. The van der Waals surface area contributed by atoms with Gasteiger partial charge in [0.05, 0.1) is 17.9 Å². The molecule has 0 amide bonds. The molecule has 2 N–H and O–H groups in total. The summed E-state index contributed by atoms with van der Waals surface area (Å²) < 4.78 is 2.05. The molecule has 1 aromatic rings. The van der Waals surface area contributed by atoms with Gasteiger partial charge in [0.15, 0.2) is 0 Å². The fraction of sp³-hybridized carbons (Fsp3) is 0.714. The number of nitrogens with one attached hydrogen (secondary N) is 2. The second-order valence-corrected chi connectivity index (χ2v) is 6.95. The van der Waals surface area contributed by atoms with Gasteiger partial charge in [-0.2, -0.15) is 5.10 Å². The zero-order valence-corrected chi connectivity index (χ0v) is 14.0. The Hall–Kier alpha value is -0.880. The highest BCUT2D eigenvalue weighted by Crippen LogP contribution is 2.27. The first-order valence-corrected chi connectivity index (χ1v) is 7.94. The van der Waals surface area contributed by atoms with E-state index in [1.165, 1.54) is 17.5 Å². The van der Waals surface area contributed by atoms with Gasteiger partial charge < -0.3 is 10.6 Å². The quantitative estimate of drug-likeness (QED) is 0.881. The summed E-state index contributed by atoms with van der Waals surface area (Å²) in [5.41, 5.74) is 0.917.